The molecule has 1 aliphatic rings. The van der Waals surface area contributed by atoms with E-state index >= 15 is 0 Å². The van der Waals surface area contributed by atoms with Crippen LogP contribution in [0.15, 0.2) is 30.6 Å². The molecule has 0 saturated heterocycles. The van der Waals surface area contributed by atoms with Gasteiger partial charge in [0.1, 0.15) is 18.0 Å². The molecule has 1 aromatic heterocycles. The van der Waals surface area contributed by atoms with Crippen LogP contribution in [0.5, 0.6) is 0 Å². The molecule has 0 unspecified atom stereocenters. The normalized spacial score (nSPS) is 14.1. The summed E-state index contributed by atoms with van der Waals surface area (Å²) >= 11 is 0. The van der Waals surface area contributed by atoms with Gasteiger partial charge in [0, 0.05) is 19.2 Å². The van der Waals surface area contributed by atoms with Crippen LogP contribution in [0.4, 0.5) is 15.9 Å². The first-order valence-electron chi connectivity index (χ1n) is 6.29. The van der Waals surface area contributed by atoms with Crippen molar-refractivity contribution in [2.45, 2.75) is 13.0 Å². The third-order valence-electron chi connectivity index (χ3n) is 3.44. The molecule has 0 saturated carbocycles. The average Bonchev–Trinajstić information content (AvgIpc) is 2.46. The first-order chi connectivity index (χ1) is 9.29. The fourth-order valence-corrected chi connectivity index (χ4v) is 2.48. The molecule has 0 fully saturated rings. The van der Waals surface area contributed by atoms with Crippen LogP contribution in [-0.4, -0.2) is 23.6 Å². The van der Waals surface area contributed by atoms with Crippen LogP contribution < -0.4 is 10.2 Å². The van der Waals surface area contributed by atoms with Crippen LogP contribution in [0.1, 0.15) is 11.3 Å². The zero-order chi connectivity index (χ0) is 13.2. The Morgan fingerprint density at radius 1 is 1.26 bits per heavy atom. The second kappa shape index (κ2) is 4.84. The maximum absolute atomic E-state index is 13.8. The number of hydrogen-bond acceptors (Lipinski definition) is 4. The minimum absolute atomic E-state index is 0.186. The summed E-state index contributed by atoms with van der Waals surface area (Å²) in [6, 6.07) is 6.86. The van der Waals surface area contributed by atoms with Crippen molar-refractivity contribution >= 4 is 11.5 Å². The highest BCUT2D eigenvalue weighted by atomic mass is 19.1. The molecule has 1 N–H and O–H groups in total. The van der Waals surface area contributed by atoms with E-state index < -0.39 is 0 Å². The standard InChI is InChI=1S/C14H15FN4/c1-16-14-10-6-7-19(8-12(10)17-9-18-14)13-5-3-2-4-11(13)15/h2-5,9H,6-8H2,1H3,(H,16,17,18). The van der Waals surface area contributed by atoms with Crippen molar-refractivity contribution in [2.75, 3.05) is 23.8 Å². The fraction of sp³-hybridized carbons (Fsp3) is 0.286. The number of fused-ring (bicyclic) bond motifs is 1. The van der Waals surface area contributed by atoms with Crippen molar-refractivity contribution in [3.63, 3.8) is 0 Å². The number of para-hydroxylation sites is 1. The minimum atomic E-state index is -0.186. The molecule has 0 radical (unpaired) electrons. The molecule has 5 heteroatoms. The van der Waals surface area contributed by atoms with Gasteiger partial charge in [-0.15, -0.1) is 0 Å². The van der Waals surface area contributed by atoms with Gasteiger partial charge in [0.2, 0.25) is 0 Å². The quantitative estimate of drug-likeness (QED) is 0.896. The van der Waals surface area contributed by atoms with E-state index in [0.717, 1.165) is 30.0 Å². The van der Waals surface area contributed by atoms with Gasteiger partial charge in [-0.05, 0) is 18.6 Å². The first kappa shape index (κ1) is 11.9. The smallest absolute Gasteiger partial charge is 0.146 e. The molecule has 98 valence electrons. The van der Waals surface area contributed by atoms with Crippen molar-refractivity contribution in [1.29, 1.82) is 0 Å². The predicted octanol–water partition coefficient (Wildman–Crippen LogP) is 2.22. The van der Waals surface area contributed by atoms with Crippen LogP contribution in [-0.2, 0) is 13.0 Å². The van der Waals surface area contributed by atoms with Crippen LogP contribution in [0, 0.1) is 5.82 Å². The molecule has 2 heterocycles. The molecule has 2 aromatic rings. The summed E-state index contributed by atoms with van der Waals surface area (Å²) in [5.74, 6) is 0.687. The van der Waals surface area contributed by atoms with Crippen molar-refractivity contribution in [3.8, 4) is 0 Å². The van der Waals surface area contributed by atoms with Gasteiger partial charge < -0.3 is 10.2 Å². The molecule has 1 aliphatic heterocycles. The lowest BCUT2D eigenvalue weighted by Gasteiger charge is -2.30. The Morgan fingerprint density at radius 3 is 2.89 bits per heavy atom. The zero-order valence-electron chi connectivity index (χ0n) is 10.7. The minimum Gasteiger partial charge on any atom is -0.373 e. The van der Waals surface area contributed by atoms with Crippen molar-refractivity contribution in [1.82, 2.24) is 9.97 Å². The number of halogens is 1. The van der Waals surface area contributed by atoms with Crippen LogP contribution >= 0.6 is 0 Å². The number of aromatic nitrogens is 2. The number of hydrogen-bond donors (Lipinski definition) is 1. The molecule has 0 spiro atoms. The van der Waals surface area contributed by atoms with E-state index in [1.54, 1.807) is 18.5 Å². The Kier molecular flexibility index (Phi) is 3.03. The summed E-state index contributed by atoms with van der Waals surface area (Å²) in [7, 11) is 1.85. The number of nitrogens with zero attached hydrogens (tertiary/aromatic N) is 3. The maximum atomic E-state index is 13.8. The molecular formula is C14H15FN4. The Labute approximate surface area is 111 Å². The molecule has 19 heavy (non-hydrogen) atoms. The zero-order valence-corrected chi connectivity index (χ0v) is 10.7. The largest absolute Gasteiger partial charge is 0.373 e. The second-order valence-corrected chi connectivity index (χ2v) is 4.52. The molecule has 3 rings (SSSR count). The van der Waals surface area contributed by atoms with Gasteiger partial charge >= 0.3 is 0 Å². The lowest BCUT2D eigenvalue weighted by atomic mass is 10.0. The van der Waals surface area contributed by atoms with Gasteiger partial charge in [0.25, 0.3) is 0 Å². The van der Waals surface area contributed by atoms with E-state index in [1.165, 1.54) is 6.07 Å². The fourth-order valence-electron chi connectivity index (χ4n) is 2.48. The average molecular weight is 258 g/mol. The Balaban J connectivity index is 1.93. The molecular weight excluding hydrogens is 243 g/mol. The lowest BCUT2D eigenvalue weighted by Crippen LogP contribution is -2.32. The molecule has 0 atom stereocenters. The SMILES string of the molecule is CNc1ncnc2c1CCN(c1ccccc1F)C2. The summed E-state index contributed by atoms with van der Waals surface area (Å²) < 4.78 is 13.8. The monoisotopic (exact) mass is 258 g/mol. The van der Waals surface area contributed by atoms with E-state index in [9.17, 15) is 4.39 Å². The highest BCUT2D eigenvalue weighted by Gasteiger charge is 2.22. The number of rotatable bonds is 2. The third-order valence-corrected chi connectivity index (χ3v) is 3.44. The van der Waals surface area contributed by atoms with E-state index in [4.69, 9.17) is 0 Å². The summed E-state index contributed by atoms with van der Waals surface area (Å²) in [6.45, 7) is 1.39. The molecule has 4 nitrogen and oxygen atoms in total. The first-order valence-corrected chi connectivity index (χ1v) is 6.29. The third kappa shape index (κ3) is 2.12. The highest BCUT2D eigenvalue weighted by Crippen LogP contribution is 2.27. The van der Waals surface area contributed by atoms with Gasteiger partial charge in [-0.2, -0.15) is 0 Å². The number of benzene rings is 1. The van der Waals surface area contributed by atoms with E-state index in [1.807, 2.05) is 18.0 Å². The van der Waals surface area contributed by atoms with E-state index in [0.29, 0.717) is 12.2 Å². The van der Waals surface area contributed by atoms with Gasteiger partial charge in [-0.1, -0.05) is 12.1 Å². The molecule has 0 aliphatic carbocycles. The summed E-state index contributed by atoms with van der Waals surface area (Å²) in [5, 5.41) is 3.08. The van der Waals surface area contributed by atoms with Gasteiger partial charge in [-0.3, -0.25) is 0 Å². The second-order valence-electron chi connectivity index (χ2n) is 4.52. The van der Waals surface area contributed by atoms with Crippen molar-refractivity contribution in [3.05, 3.63) is 47.7 Å². The van der Waals surface area contributed by atoms with Gasteiger partial charge in [0.15, 0.2) is 0 Å². The van der Waals surface area contributed by atoms with E-state index in [2.05, 4.69) is 15.3 Å². The van der Waals surface area contributed by atoms with Gasteiger partial charge in [-0.25, -0.2) is 14.4 Å². The molecule has 0 amide bonds. The Morgan fingerprint density at radius 2 is 2.11 bits per heavy atom. The lowest BCUT2D eigenvalue weighted by molar-refractivity contribution is 0.607. The van der Waals surface area contributed by atoms with Crippen molar-refractivity contribution in [2.24, 2.45) is 0 Å². The summed E-state index contributed by atoms with van der Waals surface area (Å²) in [6.07, 6.45) is 2.37. The Bertz CT molecular complexity index is 600. The number of nitrogens with one attached hydrogen (secondary N) is 1. The molecule has 1 aromatic carbocycles. The summed E-state index contributed by atoms with van der Waals surface area (Å²) in [4.78, 5) is 10.5. The maximum Gasteiger partial charge on any atom is 0.146 e. The van der Waals surface area contributed by atoms with E-state index in [-0.39, 0.29) is 5.82 Å². The summed E-state index contributed by atoms with van der Waals surface area (Å²) in [5.41, 5.74) is 2.74. The topological polar surface area (TPSA) is 41.1 Å². The molecule has 0 bridgehead atoms. The highest BCUT2D eigenvalue weighted by molar-refractivity contribution is 5.53. The van der Waals surface area contributed by atoms with Crippen LogP contribution in [0.25, 0.3) is 0 Å². The van der Waals surface area contributed by atoms with Gasteiger partial charge in [0.05, 0.1) is 17.9 Å². The van der Waals surface area contributed by atoms with Crippen molar-refractivity contribution < 1.29 is 4.39 Å². The van der Waals surface area contributed by atoms with Crippen LogP contribution in [0.2, 0.25) is 0 Å². The predicted molar refractivity (Wildman–Crippen MR) is 72.7 cm³/mol. The number of anilines is 2. The Hall–Kier alpha value is -2.17. The van der Waals surface area contributed by atoms with Crippen LogP contribution in [0.3, 0.4) is 0 Å².